The number of benzene rings is 1. The van der Waals surface area contributed by atoms with Gasteiger partial charge >= 0.3 is 0 Å². The minimum Gasteiger partial charge on any atom is -0.497 e. The van der Waals surface area contributed by atoms with Crippen LogP contribution >= 0.6 is 0 Å². The Hall–Kier alpha value is -2.01. The van der Waals surface area contributed by atoms with E-state index in [0.717, 1.165) is 29.3 Å². The van der Waals surface area contributed by atoms with Crippen LogP contribution in [0.2, 0.25) is 0 Å². The van der Waals surface area contributed by atoms with E-state index in [1.54, 1.807) is 20.4 Å². The van der Waals surface area contributed by atoms with Gasteiger partial charge in [0, 0.05) is 36.1 Å². The molecule has 0 aliphatic carbocycles. The van der Waals surface area contributed by atoms with Gasteiger partial charge in [-0.15, -0.1) is 0 Å². The van der Waals surface area contributed by atoms with Gasteiger partial charge in [-0.05, 0) is 19.1 Å². The zero-order chi connectivity index (χ0) is 13.7. The number of methoxy groups -OCH3 is 2. The van der Waals surface area contributed by atoms with Gasteiger partial charge in [-0.25, -0.2) is 0 Å². The van der Waals surface area contributed by atoms with E-state index in [4.69, 9.17) is 9.47 Å². The Morgan fingerprint density at radius 2 is 2.11 bits per heavy atom. The monoisotopic (exact) mass is 261 g/mol. The van der Waals surface area contributed by atoms with Crippen molar-refractivity contribution in [3.05, 3.63) is 41.7 Å². The standard InChI is InChI=1S/C14H19N3O2/c1-10(15-9-11-6-7-16-17-11)13-5-4-12(18-2)8-14(13)19-3/h4-8,10,15H,9H2,1-3H3,(H,16,17). The molecule has 5 nitrogen and oxygen atoms in total. The Kier molecular flexibility index (Phi) is 4.41. The van der Waals surface area contributed by atoms with E-state index in [9.17, 15) is 0 Å². The lowest BCUT2D eigenvalue weighted by Gasteiger charge is -2.17. The van der Waals surface area contributed by atoms with Gasteiger partial charge in [0.25, 0.3) is 0 Å². The van der Waals surface area contributed by atoms with Gasteiger partial charge in [0.05, 0.1) is 14.2 Å². The van der Waals surface area contributed by atoms with Crippen LogP contribution in [-0.2, 0) is 6.54 Å². The van der Waals surface area contributed by atoms with Crippen LogP contribution in [0, 0.1) is 0 Å². The normalized spacial score (nSPS) is 12.2. The molecule has 19 heavy (non-hydrogen) atoms. The fourth-order valence-corrected chi connectivity index (χ4v) is 1.93. The summed E-state index contributed by atoms with van der Waals surface area (Å²) in [5.41, 5.74) is 2.15. The molecule has 1 aromatic heterocycles. The molecule has 0 aliphatic heterocycles. The van der Waals surface area contributed by atoms with Crippen molar-refractivity contribution < 1.29 is 9.47 Å². The number of aromatic amines is 1. The zero-order valence-corrected chi connectivity index (χ0v) is 11.4. The quantitative estimate of drug-likeness (QED) is 0.837. The highest BCUT2D eigenvalue weighted by Crippen LogP contribution is 2.29. The first-order chi connectivity index (χ1) is 9.24. The van der Waals surface area contributed by atoms with Crippen molar-refractivity contribution in [2.75, 3.05) is 14.2 Å². The Balaban J connectivity index is 2.07. The van der Waals surface area contributed by atoms with Crippen LogP contribution in [0.3, 0.4) is 0 Å². The van der Waals surface area contributed by atoms with Crippen molar-refractivity contribution in [1.82, 2.24) is 15.5 Å². The molecule has 0 bridgehead atoms. The van der Waals surface area contributed by atoms with Gasteiger partial charge in [-0.1, -0.05) is 6.07 Å². The number of rotatable bonds is 6. The van der Waals surface area contributed by atoms with Crippen LogP contribution in [0.4, 0.5) is 0 Å². The molecule has 1 aromatic carbocycles. The predicted molar refractivity (Wildman–Crippen MR) is 73.4 cm³/mol. The third kappa shape index (κ3) is 3.26. The SMILES string of the molecule is COc1ccc(C(C)NCc2ccn[nH]2)c(OC)c1. The van der Waals surface area contributed by atoms with Crippen LogP contribution in [0.25, 0.3) is 0 Å². The number of nitrogens with zero attached hydrogens (tertiary/aromatic N) is 1. The average molecular weight is 261 g/mol. The van der Waals surface area contributed by atoms with Crippen molar-refractivity contribution in [3.63, 3.8) is 0 Å². The van der Waals surface area contributed by atoms with E-state index >= 15 is 0 Å². The second kappa shape index (κ2) is 6.24. The van der Waals surface area contributed by atoms with Crippen molar-refractivity contribution in [2.24, 2.45) is 0 Å². The molecule has 1 heterocycles. The summed E-state index contributed by atoms with van der Waals surface area (Å²) in [5.74, 6) is 1.62. The number of hydrogen-bond acceptors (Lipinski definition) is 4. The van der Waals surface area contributed by atoms with Crippen LogP contribution in [0.5, 0.6) is 11.5 Å². The summed E-state index contributed by atoms with van der Waals surface area (Å²) < 4.78 is 10.6. The smallest absolute Gasteiger partial charge is 0.127 e. The lowest BCUT2D eigenvalue weighted by Crippen LogP contribution is -2.19. The maximum atomic E-state index is 5.41. The maximum absolute atomic E-state index is 5.41. The zero-order valence-electron chi connectivity index (χ0n) is 11.4. The molecule has 0 aliphatic rings. The molecule has 0 radical (unpaired) electrons. The van der Waals surface area contributed by atoms with E-state index < -0.39 is 0 Å². The van der Waals surface area contributed by atoms with Crippen LogP contribution < -0.4 is 14.8 Å². The Morgan fingerprint density at radius 3 is 2.74 bits per heavy atom. The number of H-pyrrole nitrogens is 1. The summed E-state index contributed by atoms with van der Waals surface area (Å²) in [4.78, 5) is 0. The van der Waals surface area contributed by atoms with Gasteiger partial charge in [-0.2, -0.15) is 5.10 Å². The summed E-state index contributed by atoms with van der Waals surface area (Å²) in [7, 11) is 3.31. The molecular weight excluding hydrogens is 242 g/mol. The lowest BCUT2D eigenvalue weighted by atomic mass is 10.1. The molecule has 2 rings (SSSR count). The third-order valence-electron chi connectivity index (χ3n) is 3.06. The van der Waals surface area contributed by atoms with Crippen molar-refractivity contribution in [3.8, 4) is 11.5 Å². The lowest BCUT2D eigenvalue weighted by molar-refractivity contribution is 0.385. The molecule has 1 atom stereocenters. The molecule has 0 fully saturated rings. The topological polar surface area (TPSA) is 59.2 Å². The molecule has 0 amide bonds. The van der Waals surface area contributed by atoms with Gasteiger partial charge in [0.1, 0.15) is 11.5 Å². The third-order valence-corrected chi connectivity index (χ3v) is 3.06. The summed E-state index contributed by atoms with van der Waals surface area (Å²) in [5, 5.41) is 10.3. The molecule has 0 spiro atoms. The van der Waals surface area contributed by atoms with Crippen LogP contribution in [-0.4, -0.2) is 24.4 Å². The molecule has 1 unspecified atom stereocenters. The Labute approximate surface area is 112 Å². The second-order valence-corrected chi connectivity index (χ2v) is 4.29. The second-order valence-electron chi connectivity index (χ2n) is 4.29. The first-order valence-corrected chi connectivity index (χ1v) is 6.18. The molecular formula is C14H19N3O2. The number of nitrogens with one attached hydrogen (secondary N) is 2. The molecule has 2 N–H and O–H groups in total. The van der Waals surface area contributed by atoms with Gasteiger partial charge < -0.3 is 14.8 Å². The first-order valence-electron chi connectivity index (χ1n) is 6.18. The summed E-state index contributed by atoms with van der Waals surface area (Å²) in [6.07, 6.45) is 1.75. The first kappa shape index (κ1) is 13.4. The highest BCUT2D eigenvalue weighted by Gasteiger charge is 2.12. The van der Waals surface area contributed by atoms with E-state index in [-0.39, 0.29) is 6.04 Å². The summed E-state index contributed by atoms with van der Waals surface area (Å²) in [6.45, 7) is 2.83. The highest BCUT2D eigenvalue weighted by molar-refractivity contribution is 5.42. The van der Waals surface area contributed by atoms with E-state index in [2.05, 4.69) is 22.4 Å². The molecule has 0 saturated heterocycles. The maximum Gasteiger partial charge on any atom is 0.127 e. The van der Waals surface area contributed by atoms with E-state index in [0.29, 0.717) is 0 Å². The van der Waals surface area contributed by atoms with Crippen molar-refractivity contribution >= 4 is 0 Å². The Bertz CT molecular complexity index is 511. The minimum atomic E-state index is 0.171. The Morgan fingerprint density at radius 1 is 1.26 bits per heavy atom. The van der Waals surface area contributed by atoms with Gasteiger partial charge in [0.2, 0.25) is 0 Å². The van der Waals surface area contributed by atoms with Crippen molar-refractivity contribution in [1.29, 1.82) is 0 Å². The number of ether oxygens (including phenoxy) is 2. The fourth-order valence-electron chi connectivity index (χ4n) is 1.93. The highest BCUT2D eigenvalue weighted by atomic mass is 16.5. The largest absolute Gasteiger partial charge is 0.497 e. The number of hydrogen-bond donors (Lipinski definition) is 2. The summed E-state index contributed by atoms with van der Waals surface area (Å²) in [6, 6.07) is 7.97. The van der Waals surface area contributed by atoms with E-state index in [1.807, 2.05) is 24.3 Å². The minimum absolute atomic E-state index is 0.171. The van der Waals surface area contributed by atoms with Crippen LogP contribution in [0.15, 0.2) is 30.5 Å². The molecule has 2 aromatic rings. The van der Waals surface area contributed by atoms with Gasteiger partial charge in [-0.3, -0.25) is 5.10 Å². The molecule has 5 heteroatoms. The summed E-state index contributed by atoms with van der Waals surface area (Å²) >= 11 is 0. The fraction of sp³-hybridized carbons (Fsp3) is 0.357. The number of aromatic nitrogens is 2. The van der Waals surface area contributed by atoms with Gasteiger partial charge in [0.15, 0.2) is 0 Å². The van der Waals surface area contributed by atoms with E-state index in [1.165, 1.54) is 0 Å². The predicted octanol–water partition coefficient (Wildman–Crippen LogP) is 2.28. The van der Waals surface area contributed by atoms with Crippen LogP contribution in [0.1, 0.15) is 24.2 Å². The average Bonchev–Trinajstić information content (AvgIpc) is 2.97. The molecule has 102 valence electrons. The molecule has 0 saturated carbocycles. The van der Waals surface area contributed by atoms with Crippen molar-refractivity contribution in [2.45, 2.75) is 19.5 Å².